The summed E-state index contributed by atoms with van der Waals surface area (Å²) in [5.74, 6) is -0.972. The Hall–Kier alpha value is -3.33. The fourth-order valence-electron chi connectivity index (χ4n) is 5.67. The summed E-state index contributed by atoms with van der Waals surface area (Å²) in [6, 6.07) is 15.6. The molecule has 0 spiro atoms. The van der Waals surface area contributed by atoms with Crippen molar-refractivity contribution in [2.45, 2.75) is 58.2 Å². The number of benzene rings is 3. The van der Waals surface area contributed by atoms with Crippen LogP contribution in [0.2, 0.25) is 5.02 Å². The molecule has 4 aromatic rings. The molecule has 0 atom stereocenters. The number of nitrogens with one attached hydrogen (secondary N) is 1. The van der Waals surface area contributed by atoms with Crippen LogP contribution < -0.4 is 10.1 Å². The number of ketones is 1. The third-order valence-electron chi connectivity index (χ3n) is 8.01. The average molecular weight is 611 g/mol. The standard InChI is InChI=1S/C33H33ClF2N2O3S/c1-4-41-28-16-9-22(21-7-5-20(6-8-21)19(2)39)17-23(28)18-38(25-12-10-24(37-3)11-13-25)33(40)32-30(34)29-26(35)14-15-27(36)31(29)42-32/h5-9,14-17,24-25,37H,4,10-13,18H2,1-3H3. The first-order valence-corrected chi connectivity index (χ1v) is 15.3. The van der Waals surface area contributed by atoms with Gasteiger partial charge in [-0.25, -0.2) is 8.78 Å². The summed E-state index contributed by atoms with van der Waals surface area (Å²) >= 11 is 7.47. The van der Waals surface area contributed by atoms with Gasteiger partial charge in [-0.2, -0.15) is 0 Å². The maximum atomic E-state index is 14.7. The number of amides is 1. The zero-order valence-corrected chi connectivity index (χ0v) is 25.4. The van der Waals surface area contributed by atoms with Gasteiger partial charge >= 0.3 is 0 Å². The zero-order chi connectivity index (χ0) is 30.0. The Kier molecular flexibility index (Phi) is 9.25. The number of ether oxygens (including phenoxy) is 1. The molecule has 1 amide bonds. The third-order valence-corrected chi connectivity index (χ3v) is 9.68. The van der Waals surface area contributed by atoms with E-state index in [2.05, 4.69) is 5.32 Å². The fourth-order valence-corrected chi connectivity index (χ4v) is 7.17. The van der Waals surface area contributed by atoms with Gasteiger partial charge in [0.15, 0.2) is 5.78 Å². The zero-order valence-electron chi connectivity index (χ0n) is 23.8. The summed E-state index contributed by atoms with van der Waals surface area (Å²) in [4.78, 5) is 27.9. The van der Waals surface area contributed by atoms with Crippen LogP contribution in [0.1, 0.15) is 65.1 Å². The molecule has 1 aliphatic rings. The van der Waals surface area contributed by atoms with Gasteiger partial charge in [-0.15, -0.1) is 11.3 Å². The lowest BCUT2D eigenvalue weighted by Crippen LogP contribution is -2.44. The second-order valence-corrected chi connectivity index (χ2v) is 12.0. The molecule has 220 valence electrons. The summed E-state index contributed by atoms with van der Waals surface area (Å²) in [6.45, 7) is 4.12. The van der Waals surface area contributed by atoms with E-state index in [4.69, 9.17) is 16.3 Å². The van der Waals surface area contributed by atoms with Crippen LogP contribution in [0.3, 0.4) is 0 Å². The lowest BCUT2D eigenvalue weighted by atomic mass is 9.89. The normalized spacial score (nSPS) is 16.9. The molecule has 1 aromatic heterocycles. The second-order valence-electron chi connectivity index (χ2n) is 10.6. The lowest BCUT2D eigenvalue weighted by molar-refractivity contribution is 0.0604. The van der Waals surface area contributed by atoms with Gasteiger partial charge in [0.2, 0.25) is 0 Å². The predicted molar refractivity (Wildman–Crippen MR) is 165 cm³/mol. The molecule has 0 bridgehead atoms. The number of hydrogen-bond acceptors (Lipinski definition) is 5. The predicted octanol–water partition coefficient (Wildman–Crippen LogP) is 8.27. The van der Waals surface area contributed by atoms with E-state index in [0.717, 1.165) is 65.8 Å². The van der Waals surface area contributed by atoms with Crippen molar-refractivity contribution < 1.29 is 23.1 Å². The minimum atomic E-state index is -0.657. The SMILES string of the molecule is CCOc1ccc(-c2ccc(C(C)=O)cc2)cc1CN(C(=O)c1sc2c(F)ccc(F)c2c1Cl)C1CCC(NC)CC1. The van der Waals surface area contributed by atoms with E-state index in [9.17, 15) is 18.4 Å². The van der Waals surface area contributed by atoms with E-state index < -0.39 is 11.6 Å². The van der Waals surface area contributed by atoms with Crippen molar-refractivity contribution in [2.75, 3.05) is 13.7 Å². The van der Waals surface area contributed by atoms with Gasteiger partial charge in [-0.1, -0.05) is 41.9 Å². The van der Waals surface area contributed by atoms with Crippen LogP contribution in [0.25, 0.3) is 21.2 Å². The number of thiophene rings is 1. The highest BCUT2D eigenvalue weighted by molar-refractivity contribution is 7.21. The van der Waals surface area contributed by atoms with E-state index in [0.29, 0.717) is 24.0 Å². The van der Waals surface area contributed by atoms with Gasteiger partial charge in [-0.3, -0.25) is 9.59 Å². The Bertz CT molecular complexity index is 1610. The highest BCUT2D eigenvalue weighted by Gasteiger charge is 2.33. The molecule has 5 rings (SSSR count). The molecule has 9 heteroatoms. The molecule has 5 nitrogen and oxygen atoms in total. The van der Waals surface area contributed by atoms with E-state index in [-0.39, 0.29) is 44.3 Å². The van der Waals surface area contributed by atoms with Crippen LogP contribution in [0.5, 0.6) is 5.75 Å². The molecule has 1 fully saturated rings. The van der Waals surface area contributed by atoms with E-state index in [1.165, 1.54) is 6.92 Å². The van der Waals surface area contributed by atoms with Crippen molar-refractivity contribution in [1.29, 1.82) is 0 Å². The molecule has 42 heavy (non-hydrogen) atoms. The number of rotatable bonds is 9. The number of halogens is 3. The highest BCUT2D eigenvalue weighted by atomic mass is 35.5. The molecule has 0 saturated heterocycles. The number of carbonyl (C=O) groups is 2. The number of hydrogen-bond donors (Lipinski definition) is 1. The summed E-state index contributed by atoms with van der Waals surface area (Å²) < 4.78 is 35.3. The largest absolute Gasteiger partial charge is 0.494 e. The van der Waals surface area contributed by atoms with Crippen molar-refractivity contribution in [3.05, 3.63) is 87.3 Å². The van der Waals surface area contributed by atoms with Gasteiger partial charge in [0.1, 0.15) is 22.3 Å². The molecular weight excluding hydrogens is 578 g/mol. The van der Waals surface area contributed by atoms with Crippen molar-refractivity contribution in [3.8, 4) is 16.9 Å². The van der Waals surface area contributed by atoms with Crippen LogP contribution >= 0.6 is 22.9 Å². The first kappa shape index (κ1) is 30.1. The van der Waals surface area contributed by atoms with Gasteiger partial charge in [0.25, 0.3) is 5.91 Å². The van der Waals surface area contributed by atoms with Gasteiger partial charge in [-0.05, 0) is 82.0 Å². The maximum Gasteiger partial charge on any atom is 0.266 e. The van der Waals surface area contributed by atoms with Crippen LogP contribution in [0.4, 0.5) is 8.78 Å². The molecule has 1 saturated carbocycles. The number of Topliss-reactive ketones (excluding diaryl/α,β-unsaturated/α-hetero) is 1. The first-order valence-electron chi connectivity index (χ1n) is 14.1. The molecule has 1 N–H and O–H groups in total. The van der Waals surface area contributed by atoms with Crippen LogP contribution in [0, 0.1) is 11.6 Å². The Morgan fingerprint density at radius 2 is 1.67 bits per heavy atom. The second kappa shape index (κ2) is 12.9. The third kappa shape index (κ3) is 6.07. The summed E-state index contributed by atoms with van der Waals surface area (Å²) in [6.07, 6.45) is 3.35. The smallest absolute Gasteiger partial charge is 0.266 e. The molecule has 1 heterocycles. The summed E-state index contributed by atoms with van der Waals surface area (Å²) in [7, 11) is 1.94. The monoisotopic (exact) mass is 610 g/mol. The van der Waals surface area contributed by atoms with E-state index in [1.807, 2.05) is 44.3 Å². The molecule has 3 aromatic carbocycles. The number of fused-ring (bicyclic) bond motifs is 1. The minimum Gasteiger partial charge on any atom is -0.494 e. The van der Waals surface area contributed by atoms with Gasteiger partial charge in [0.05, 0.1) is 21.7 Å². The molecule has 0 unspecified atom stereocenters. The summed E-state index contributed by atoms with van der Waals surface area (Å²) in [5.41, 5.74) is 3.28. The Morgan fingerprint density at radius 1 is 1.00 bits per heavy atom. The number of nitrogens with zero attached hydrogens (tertiary/aromatic N) is 1. The van der Waals surface area contributed by atoms with Crippen LogP contribution in [0.15, 0.2) is 54.6 Å². The molecular formula is C33H33ClF2N2O3S. The van der Waals surface area contributed by atoms with Crippen LogP contribution in [-0.4, -0.2) is 42.3 Å². The molecule has 0 radical (unpaired) electrons. The van der Waals surface area contributed by atoms with Crippen molar-refractivity contribution in [2.24, 2.45) is 0 Å². The molecule has 1 aliphatic carbocycles. The Labute approximate surface area is 253 Å². The fraction of sp³-hybridized carbons (Fsp3) is 0.333. The maximum absolute atomic E-state index is 14.7. The van der Waals surface area contributed by atoms with E-state index >= 15 is 0 Å². The van der Waals surface area contributed by atoms with E-state index in [1.54, 1.807) is 17.0 Å². The minimum absolute atomic E-state index is 0.00394. The first-order chi connectivity index (χ1) is 20.2. The Morgan fingerprint density at radius 3 is 2.29 bits per heavy atom. The van der Waals surface area contributed by atoms with Crippen LogP contribution in [-0.2, 0) is 6.54 Å². The average Bonchev–Trinajstić information content (AvgIpc) is 3.36. The lowest BCUT2D eigenvalue weighted by Gasteiger charge is -2.37. The van der Waals surface area contributed by atoms with Gasteiger partial charge in [0, 0.05) is 29.8 Å². The summed E-state index contributed by atoms with van der Waals surface area (Å²) in [5, 5.41) is 3.21. The van der Waals surface area contributed by atoms with Crippen molar-refractivity contribution >= 4 is 44.7 Å². The molecule has 0 aliphatic heterocycles. The van der Waals surface area contributed by atoms with Crippen molar-refractivity contribution in [1.82, 2.24) is 10.2 Å². The Balaban J connectivity index is 1.56. The van der Waals surface area contributed by atoms with Gasteiger partial charge < -0.3 is 15.0 Å². The number of carbonyl (C=O) groups excluding carboxylic acids is 2. The topological polar surface area (TPSA) is 58.6 Å². The quantitative estimate of drug-likeness (QED) is 0.194. The van der Waals surface area contributed by atoms with Crippen molar-refractivity contribution in [3.63, 3.8) is 0 Å². The highest BCUT2D eigenvalue weighted by Crippen LogP contribution is 2.40.